The van der Waals surface area contributed by atoms with E-state index in [1.165, 1.54) is 0 Å². The Morgan fingerprint density at radius 1 is 1.18 bits per heavy atom. The lowest BCUT2D eigenvalue weighted by atomic mass is 9.88. The van der Waals surface area contributed by atoms with E-state index < -0.39 is 17.1 Å². The molecule has 0 saturated carbocycles. The van der Waals surface area contributed by atoms with E-state index in [0.717, 1.165) is 33.5 Å². The van der Waals surface area contributed by atoms with Gasteiger partial charge in [-0.1, -0.05) is 35.9 Å². The number of rotatable bonds is 4. The van der Waals surface area contributed by atoms with Crippen LogP contribution in [-0.4, -0.2) is 41.1 Å². The Morgan fingerprint density at radius 2 is 1.88 bits per heavy atom. The van der Waals surface area contributed by atoms with E-state index in [1.54, 1.807) is 30.3 Å². The number of carbonyl (C=O) groups is 3. The second kappa shape index (κ2) is 8.72. The Bertz CT molecular complexity index is 1220. The van der Waals surface area contributed by atoms with Crippen molar-refractivity contribution >= 4 is 63.4 Å². The number of nitrogens with zero attached hydrogens (tertiary/aromatic N) is 2. The van der Waals surface area contributed by atoms with Crippen molar-refractivity contribution in [3.05, 3.63) is 69.6 Å². The van der Waals surface area contributed by atoms with Gasteiger partial charge in [-0.2, -0.15) is 0 Å². The lowest BCUT2D eigenvalue weighted by Gasteiger charge is -2.40. The first-order valence-corrected chi connectivity index (χ1v) is 11.6. The predicted octanol–water partition coefficient (Wildman–Crippen LogP) is 5.65. The minimum absolute atomic E-state index is 0.148. The van der Waals surface area contributed by atoms with Crippen LogP contribution in [0.5, 0.6) is 0 Å². The number of nitrogens with one attached hydrogen (secondary N) is 1. The minimum atomic E-state index is -0.507. The number of halogens is 1. The number of anilines is 2. The number of benzene rings is 2. The molecule has 3 amide bonds. The van der Waals surface area contributed by atoms with Crippen LogP contribution in [-0.2, 0) is 9.59 Å². The highest BCUT2D eigenvalue weighted by Crippen LogP contribution is 2.42. The van der Waals surface area contributed by atoms with E-state index in [1.807, 2.05) is 32.2 Å². The molecule has 8 heteroatoms. The van der Waals surface area contributed by atoms with Crippen molar-refractivity contribution in [1.82, 2.24) is 4.90 Å². The van der Waals surface area contributed by atoms with Crippen molar-refractivity contribution in [2.24, 2.45) is 0 Å². The molecule has 1 N–H and O–H groups in total. The Labute approximate surface area is 202 Å². The molecule has 0 unspecified atom stereocenters. The lowest BCUT2D eigenvalue weighted by molar-refractivity contribution is -0.127. The number of para-hydroxylation sites is 1. The molecule has 2 aromatic carbocycles. The molecule has 0 bridgehead atoms. The van der Waals surface area contributed by atoms with Crippen LogP contribution in [0.15, 0.2) is 53.4 Å². The highest BCUT2D eigenvalue weighted by molar-refractivity contribution is 8.18. The molecule has 4 rings (SSSR count). The molecular formula is C25H24ClN3O3S. The second-order valence-corrected chi connectivity index (χ2v) is 10.0. The summed E-state index contributed by atoms with van der Waals surface area (Å²) in [5, 5.41) is 2.69. The van der Waals surface area contributed by atoms with Gasteiger partial charge in [0.15, 0.2) is 0 Å². The number of amides is 3. The van der Waals surface area contributed by atoms with Crippen LogP contribution in [0, 0.1) is 0 Å². The van der Waals surface area contributed by atoms with Crippen LogP contribution >= 0.6 is 23.4 Å². The summed E-state index contributed by atoms with van der Waals surface area (Å²) in [6, 6.07) is 12.7. The Morgan fingerprint density at radius 3 is 2.58 bits per heavy atom. The third kappa shape index (κ3) is 4.56. The van der Waals surface area contributed by atoms with Crippen molar-refractivity contribution < 1.29 is 14.4 Å². The zero-order valence-electron chi connectivity index (χ0n) is 18.8. The molecule has 0 radical (unpaired) electrons. The average Bonchev–Trinajstić information content (AvgIpc) is 3.01. The molecule has 6 nitrogen and oxygen atoms in total. The van der Waals surface area contributed by atoms with Crippen LogP contribution in [0.3, 0.4) is 0 Å². The summed E-state index contributed by atoms with van der Waals surface area (Å²) in [4.78, 5) is 41.0. The monoisotopic (exact) mass is 481 g/mol. The quantitative estimate of drug-likeness (QED) is 0.572. The van der Waals surface area contributed by atoms with Crippen molar-refractivity contribution in [3.8, 4) is 0 Å². The molecular weight excluding hydrogens is 458 g/mol. The highest BCUT2D eigenvalue weighted by atomic mass is 35.5. The molecule has 2 aliphatic heterocycles. The van der Waals surface area contributed by atoms with Gasteiger partial charge in [0.05, 0.1) is 10.4 Å². The molecule has 1 fully saturated rings. The smallest absolute Gasteiger partial charge is 0.294 e. The SMILES string of the molecule is CC1=CC(C)(C)N(C)c2cc(Cl)c(/C=C3/SC(=O)N(CC(=O)Nc4ccccc4)C3=O)cc21. The van der Waals surface area contributed by atoms with Gasteiger partial charge in [-0.05, 0) is 74.0 Å². The molecule has 0 aromatic heterocycles. The van der Waals surface area contributed by atoms with Crippen LogP contribution in [0.25, 0.3) is 11.6 Å². The minimum Gasteiger partial charge on any atom is -0.365 e. The van der Waals surface area contributed by atoms with Crippen molar-refractivity contribution in [3.63, 3.8) is 0 Å². The molecule has 2 heterocycles. The van der Waals surface area contributed by atoms with Gasteiger partial charge < -0.3 is 10.2 Å². The van der Waals surface area contributed by atoms with Crippen molar-refractivity contribution in [1.29, 1.82) is 0 Å². The topological polar surface area (TPSA) is 69.7 Å². The first-order chi connectivity index (χ1) is 15.6. The van der Waals surface area contributed by atoms with Gasteiger partial charge in [0.2, 0.25) is 5.91 Å². The van der Waals surface area contributed by atoms with E-state index in [-0.39, 0.29) is 17.0 Å². The molecule has 170 valence electrons. The van der Waals surface area contributed by atoms with E-state index >= 15 is 0 Å². The number of allylic oxidation sites excluding steroid dienone is 1. The molecule has 0 spiro atoms. The lowest BCUT2D eigenvalue weighted by Crippen LogP contribution is -2.42. The Balaban J connectivity index is 1.57. The second-order valence-electron chi connectivity index (χ2n) is 8.61. The van der Waals surface area contributed by atoms with Crippen LogP contribution in [0.1, 0.15) is 31.9 Å². The normalized spacial score (nSPS) is 18.5. The molecule has 0 atom stereocenters. The van der Waals surface area contributed by atoms with Crippen LogP contribution in [0.2, 0.25) is 5.02 Å². The first-order valence-electron chi connectivity index (χ1n) is 10.4. The van der Waals surface area contributed by atoms with Crippen LogP contribution < -0.4 is 10.2 Å². The fraction of sp³-hybridized carbons (Fsp3) is 0.240. The summed E-state index contributed by atoms with van der Waals surface area (Å²) in [5.41, 5.74) is 4.25. The summed E-state index contributed by atoms with van der Waals surface area (Å²) in [6.45, 7) is 5.96. The molecule has 2 aliphatic rings. The fourth-order valence-electron chi connectivity index (χ4n) is 3.94. The summed E-state index contributed by atoms with van der Waals surface area (Å²) in [5.74, 6) is -0.949. The standard InChI is InChI=1S/C25H24ClN3O3S/c1-15-13-25(2,3)28(4)20-12-19(26)16(10-18(15)20)11-21-23(31)29(24(32)33-21)14-22(30)27-17-8-6-5-7-9-17/h5-13H,14H2,1-4H3,(H,27,30)/b21-11+. The largest absolute Gasteiger partial charge is 0.365 e. The Hall–Kier alpha value is -3.03. The van der Waals surface area contributed by atoms with Crippen molar-refractivity contribution in [2.45, 2.75) is 26.3 Å². The number of thioether (sulfide) groups is 1. The average molecular weight is 482 g/mol. The van der Waals surface area contributed by atoms with Gasteiger partial charge in [0, 0.05) is 29.0 Å². The number of carbonyl (C=O) groups excluding carboxylic acids is 3. The maximum atomic E-state index is 12.9. The Kier molecular flexibility index (Phi) is 6.12. The number of hydrogen-bond donors (Lipinski definition) is 1. The first kappa shape index (κ1) is 23.1. The van der Waals surface area contributed by atoms with Gasteiger partial charge >= 0.3 is 0 Å². The van der Waals surface area contributed by atoms with Gasteiger partial charge in [-0.25, -0.2) is 0 Å². The number of fused-ring (bicyclic) bond motifs is 1. The zero-order valence-corrected chi connectivity index (χ0v) is 20.4. The summed E-state index contributed by atoms with van der Waals surface area (Å²) in [7, 11) is 2.02. The number of imide groups is 1. The summed E-state index contributed by atoms with van der Waals surface area (Å²) >= 11 is 7.37. The predicted molar refractivity (Wildman–Crippen MR) is 135 cm³/mol. The van der Waals surface area contributed by atoms with E-state index in [2.05, 4.69) is 30.1 Å². The van der Waals surface area contributed by atoms with E-state index in [4.69, 9.17) is 11.6 Å². The third-order valence-electron chi connectivity index (χ3n) is 5.85. The summed E-state index contributed by atoms with van der Waals surface area (Å²) < 4.78 is 0. The van der Waals surface area contributed by atoms with Gasteiger partial charge in [-0.3, -0.25) is 19.3 Å². The molecule has 2 aromatic rings. The van der Waals surface area contributed by atoms with Crippen molar-refractivity contribution in [2.75, 3.05) is 23.8 Å². The maximum Gasteiger partial charge on any atom is 0.294 e. The maximum absolute atomic E-state index is 12.9. The number of hydrogen-bond acceptors (Lipinski definition) is 5. The zero-order chi connectivity index (χ0) is 23.9. The van der Waals surface area contributed by atoms with E-state index in [9.17, 15) is 14.4 Å². The highest BCUT2D eigenvalue weighted by Gasteiger charge is 2.37. The van der Waals surface area contributed by atoms with Crippen LogP contribution in [0.4, 0.5) is 16.2 Å². The van der Waals surface area contributed by atoms with Gasteiger partial charge in [0.1, 0.15) is 6.54 Å². The summed E-state index contributed by atoms with van der Waals surface area (Å²) in [6.07, 6.45) is 3.81. The van der Waals surface area contributed by atoms with Gasteiger partial charge in [-0.15, -0.1) is 0 Å². The van der Waals surface area contributed by atoms with Gasteiger partial charge in [0.25, 0.3) is 11.1 Å². The molecule has 1 saturated heterocycles. The van der Waals surface area contributed by atoms with E-state index in [0.29, 0.717) is 16.3 Å². The third-order valence-corrected chi connectivity index (χ3v) is 7.09. The number of likely N-dealkylation sites (N-methyl/N-ethyl adjacent to an activating group) is 1. The fourth-order valence-corrected chi connectivity index (χ4v) is 4.98. The molecule has 0 aliphatic carbocycles. The molecule has 33 heavy (non-hydrogen) atoms.